The number of halogens is 2. The molecular weight excluding hydrogens is 661 g/mol. The van der Waals surface area contributed by atoms with Crippen LogP contribution in [-0.4, -0.2) is 16.0 Å². The molecule has 0 amide bonds. The Morgan fingerprint density at radius 3 is 1.29 bits per heavy atom. The van der Waals surface area contributed by atoms with Gasteiger partial charge in [0.05, 0.1) is 0 Å². The maximum absolute atomic E-state index is 2.57. The quantitative estimate of drug-likeness (QED) is 0.299. The van der Waals surface area contributed by atoms with E-state index >= 15 is 0 Å². The first-order valence-corrected chi connectivity index (χ1v) is 15.7. The van der Waals surface area contributed by atoms with E-state index in [0.29, 0.717) is 16.0 Å². The molecule has 5 heteroatoms. The first kappa shape index (κ1) is 42.3. The van der Waals surface area contributed by atoms with Crippen LogP contribution in [-0.2, 0) is 37.5 Å². The molecular formula is C33H53Cl2FePPd+2. The molecule has 0 aromatic heterocycles. The predicted octanol–water partition coefficient (Wildman–Crippen LogP) is 4.03. The zero-order chi connectivity index (χ0) is 24.8. The number of hydrogen-bond acceptors (Lipinski definition) is 0. The monoisotopic (exact) mass is 712 g/mol. The summed E-state index contributed by atoms with van der Waals surface area (Å²) in [6.07, 6.45) is 32.2. The van der Waals surface area contributed by atoms with Crippen LogP contribution in [0.25, 0.3) is 0 Å². The Bertz CT molecular complexity index is 535. The van der Waals surface area contributed by atoms with E-state index in [4.69, 9.17) is 0 Å². The van der Waals surface area contributed by atoms with Crippen LogP contribution in [0, 0.1) is 81.0 Å². The van der Waals surface area contributed by atoms with Crippen molar-refractivity contribution in [3.63, 3.8) is 0 Å². The Hall–Kier alpha value is 2.19. The Labute approximate surface area is 278 Å². The van der Waals surface area contributed by atoms with Crippen molar-refractivity contribution in [2.75, 3.05) is 0 Å². The molecule has 0 N–H and O–H groups in total. The van der Waals surface area contributed by atoms with Gasteiger partial charge in [-0.05, 0) is 96.9 Å². The minimum Gasteiger partial charge on any atom is -1.00 e. The molecule has 0 saturated heterocycles. The second-order valence-electron chi connectivity index (χ2n) is 13.1. The molecule has 4 rings (SSSR count). The molecule has 0 aliphatic heterocycles. The molecule has 220 valence electrons. The number of rotatable bonds is 5. The fourth-order valence-electron chi connectivity index (χ4n) is 7.64. The van der Waals surface area contributed by atoms with E-state index in [1.807, 2.05) is 32.1 Å². The third kappa shape index (κ3) is 12.4. The van der Waals surface area contributed by atoms with Crippen molar-refractivity contribution < 1.29 is 62.3 Å². The van der Waals surface area contributed by atoms with E-state index in [9.17, 15) is 0 Å². The molecule has 0 spiro atoms. The first-order chi connectivity index (χ1) is 16.1. The van der Waals surface area contributed by atoms with Gasteiger partial charge in [0.15, 0.2) is 0 Å². The second kappa shape index (κ2) is 20.2. The van der Waals surface area contributed by atoms with Gasteiger partial charge in [0.25, 0.3) is 0 Å². The maximum Gasteiger partial charge on any atom is 2.00 e. The Morgan fingerprint density at radius 1 is 0.605 bits per heavy atom. The topological polar surface area (TPSA) is 0 Å². The van der Waals surface area contributed by atoms with Gasteiger partial charge < -0.3 is 24.8 Å². The molecule has 10 radical (unpaired) electrons. The molecule has 0 nitrogen and oxygen atoms in total. The van der Waals surface area contributed by atoms with Crippen molar-refractivity contribution in [3.05, 3.63) is 63.2 Å². The molecule has 0 aromatic carbocycles. The van der Waals surface area contributed by atoms with Crippen LogP contribution >= 0.6 is 7.92 Å². The van der Waals surface area contributed by atoms with Gasteiger partial charge in [-0.2, -0.15) is 0 Å². The molecule has 0 aromatic rings. The van der Waals surface area contributed by atoms with Crippen molar-refractivity contribution in [1.29, 1.82) is 0 Å². The first-order valence-electron chi connectivity index (χ1n) is 14.3. The minimum atomic E-state index is -0.130. The zero-order valence-corrected chi connectivity index (χ0v) is 29.9. The molecule has 4 aliphatic carbocycles. The molecule has 4 fully saturated rings. The van der Waals surface area contributed by atoms with Gasteiger partial charge in [0, 0.05) is 0 Å². The number of hydrogen-bond donors (Lipinski definition) is 0. The van der Waals surface area contributed by atoms with Crippen LogP contribution in [0.5, 0.6) is 0 Å². The fourth-order valence-corrected chi connectivity index (χ4v) is 12.5. The van der Waals surface area contributed by atoms with Crippen molar-refractivity contribution >= 4 is 7.92 Å². The summed E-state index contributed by atoms with van der Waals surface area (Å²) < 4.78 is 0. The van der Waals surface area contributed by atoms with Crippen LogP contribution in [0.1, 0.15) is 113 Å². The summed E-state index contributed by atoms with van der Waals surface area (Å²) in [6.45, 7) is 17.5. The van der Waals surface area contributed by atoms with Crippen molar-refractivity contribution in [2.24, 2.45) is 17.8 Å². The molecule has 4 saturated carbocycles. The van der Waals surface area contributed by atoms with E-state index < -0.39 is 0 Å². The SMILES string of the molecule is CC([C]1[CH][CH][CH][C]1C(C1CCCCC1)C1CCCCC1)P(C(C)(C)C)C(C)(C)C.[CH]1[CH][CH][CH][CH]1.[Cl-].[Cl-].[Fe+2].[Pd+2]. The van der Waals surface area contributed by atoms with Crippen LogP contribution in [0.2, 0.25) is 0 Å². The van der Waals surface area contributed by atoms with Crippen LogP contribution in [0.15, 0.2) is 0 Å². The van der Waals surface area contributed by atoms with Gasteiger partial charge in [-0.25, -0.2) is 0 Å². The molecule has 1 unspecified atom stereocenters. The molecule has 0 heterocycles. The van der Waals surface area contributed by atoms with E-state index in [1.165, 1.54) is 64.2 Å². The van der Waals surface area contributed by atoms with Crippen molar-refractivity contribution in [3.8, 4) is 0 Å². The van der Waals surface area contributed by atoms with Crippen molar-refractivity contribution in [2.45, 2.75) is 129 Å². The van der Waals surface area contributed by atoms with Crippen molar-refractivity contribution in [1.82, 2.24) is 0 Å². The smallest absolute Gasteiger partial charge is 1.00 e. The standard InChI is InChI=1S/C28H48P.C5H5.2ClH.Fe.Pd/c1-21(29(27(2,3)4)28(5,6)7)24-19-14-20-25(24)26(22-15-10-8-11-16-22)23-17-12-9-13-18-23;1-2-4-5-3-1;;;;/h14,19-23,26H,8-13,15-18H2,1-7H3;1-5H;2*1H;;/q;;;;2*+2/p-2. The van der Waals surface area contributed by atoms with E-state index in [0.717, 1.165) is 17.8 Å². The Balaban J connectivity index is 0. The van der Waals surface area contributed by atoms with Crippen LogP contribution in [0.4, 0.5) is 0 Å². The summed E-state index contributed by atoms with van der Waals surface area (Å²) in [4.78, 5) is 0. The summed E-state index contributed by atoms with van der Waals surface area (Å²) in [7, 11) is -0.130. The second-order valence-corrected chi connectivity index (χ2v) is 17.3. The summed E-state index contributed by atoms with van der Waals surface area (Å²) >= 11 is 0. The summed E-state index contributed by atoms with van der Waals surface area (Å²) in [6, 6.07) is 0. The average molecular weight is 714 g/mol. The molecule has 4 aliphatic rings. The molecule has 1 atom stereocenters. The van der Waals surface area contributed by atoms with E-state index in [1.54, 1.807) is 11.8 Å². The van der Waals surface area contributed by atoms with E-state index in [-0.39, 0.29) is 70.2 Å². The fraction of sp³-hybridized carbons (Fsp3) is 0.697. The van der Waals surface area contributed by atoms with Gasteiger partial charge >= 0.3 is 37.5 Å². The maximum atomic E-state index is 2.57. The molecule has 0 bridgehead atoms. The minimum absolute atomic E-state index is 0. The van der Waals surface area contributed by atoms with Gasteiger partial charge in [-0.15, -0.1) is 0 Å². The summed E-state index contributed by atoms with van der Waals surface area (Å²) in [5.74, 6) is 6.21. The average Bonchev–Trinajstić information content (AvgIpc) is 3.49. The van der Waals surface area contributed by atoms with Crippen LogP contribution in [0.3, 0.4) is 0 Å². The van der Waals surface area contributed by atoms with Gasteiger partial charge in [-0.3, -0.25) is 0 Å². The Morgan fingerprint density at radius 2 is 0.947 bits per heavy atom. The van der Waals surface area contributed by atoms with Gasteiger partial charge in [-0.1, -0.05) is 121 Å². The summed E-state index contributed by atoms with van der Waals surface area (Å²) in [5.41, 5.74) is 0.685. The third-order valence-electron chi connectivity index (χ3n) is 8.40. The summed E-state index contributed by atoms with van der Waals surface area (Å²) in [5, 5.41) is 0.763. The molecule has 38 heavy (non-hydrogen) atoms. The van der Waals surface area contributed by atoms with Gasteiger partial charge in [0.1, 0.15) is 0 Å². The predicted molar refractivity (Wildman–Crippen MR) is 153 cm³/mol. The normalized spacial score (nSPS) is 23.0. The zero-order valence-electron chi connectivity index (χ0n) is 24.9. The van der Waals surface area contributed by atoms with Gasteiger partial charge in [0.2, 0.25) is 0 Å². The van der Waals surface area contributed by atoms with E-state index in [2.05, 4.69) is 67.7 Å². The Kier molecular flexibility index (Phi) is 22.5. The van der Waals surface area contributed by atoms with Crippen LogP contribution < -0.4 is 24.8 Å². The largest absolute Gasteiger partial charge is 2.00 e. The third-order valence-corrected chi connectivity index (χ3v) is 12.3.